The molecule has 0 aliphatic heterocycles. The van der Waals surface area contributed by atoms with Gasteiger partial charge < -0.3 is 14.8 Å². The topological polar surface area (TPSA) is 81.7 Å². The maximum Gasteiger partial charge on any atom is 0.325 e. The zero-order valence-corrected chi connectivity index (χ0v) is 9.58. The molecule has 0 bridgehead atoms. The number of carbonyl (C=O) groups is 3. The van der Waals surface area contributed by atoms with E-state index in [4.69, 9.17) is 0 Å². The summed E-state index contributed by atoms with van der Waals surface area (Å²) in [6, 6.07) is 0. The molecule has 16 heavy (non-hydrogen) atoms. The number of hydrogen-bond acceptors (Lipinski definition) is 5. The lowest BCUT2D eigenvalue weighted by Gasteiger charge is -2.04. The molecule has 1 amide bonds. The molecule has 0 fully saturated rings. The second-order valence-corrected chi connectivity index (χ2v) is 2.89. The Morgan fingerprint density at radius 1 is 0.938 bits per heavy atom. The van der Waals surface area contributed by atoms with Crippen LogP contribution >= 0.6 is 0 Å². The molecular formula is C10H17NO5. The Balaban J connectivity index is 3.59. The van der Waals surface area contributed by atoms with Crippen LogP contribution in [0.15, 0.2) is 0 Å². The maximum atomic E-state index is 11.1. The minimum atomic E-state index is -0.494. The zero-order chi connectivity index (χ0) is 12.4. The Hall–Kier alpha value is -1.59. The molecule has 0 unspecified atom stereocenters. The SMILES string of the molecule is CCOC(=O)CCC(=O)NCC(=O)OCC. The first-order chi connectivity index (χ1) is 7.60. The summed E-state index contributed by atoms with van der Waals surface area (Å²) in [5.74, 6) is -1.29. The van der Waals surface area contributed by atoms with Gasteiger partial charge in [0, 0.05) is 6.42 Å². The van der Waals surface area contributed by atoms with Gasteiger partial charge in [-0.05, 0) is 13.8 Å². The molecule has 0 aromatic carbocycles. The van der Waals surface area contributed by atoms with Crippen molar-refractivity contribution in [3.8, 4) is 0 Å². The van der Waals surface area contributed by atoms with Crippen molar-refractivity contribution in [2.24, 2.45) is 0 Å². The highest BCUT2D eigenvalue weighted by Crippen LogP contribution is 1.92. The van der Waals surface area contributed by atoms with Crippen LogP contribution in [0.25, 0.3) is 0 Å². The Labute approximate surface area is 94.3 Å². The van der Waals surface area contributed by atoms with Gasteiger partial charge >= 0.3 is 11.9 Å². The summed E-state index contributed by atoms with van der Waals surface area (Å²) >= 11 is 0. The highest BCUT2D eigenvalue weighted by molar-refractivity contribution is 5.84. The van der Waals surface area contributed by atoms with E-state index in [9.17, 15) is 14.4 Å². The highest BCUT2D eigenvalue weighted by atomic mass is 16.5. The van der Waals surface area contributed by atoms with Crippen LogP contribution in [0.1, 0.15) is 26.7 Å². The Morgan fingerprint density at radius 2 is 1.50 bits per heavy atom. The van der Waals surface area contributed by atoms with Gasteiger partial charge in [-0.2, -0.15) is 0 Å². The van der Waals surface area contributed by atoms with Gasteiger partial charge in [-0.1, -0.05) is 0 Å². The molecule has 0 atom stereocenters. The van der Waals surface area contributed by atoms with Crippen LogP contribution in [0, 0.1) is 0 Å². The first kappa shape index (κ1) is 14.4. The lowest BCUT2D eigenvalue weighted by Crippen LogP contribution is -2.30. The average molecular weight is 231 g/mol. The predicted octanol–water partition coefficient (Wildman–Crippen LogP) is 0.00900. The third-order valence-electron chi connectivity index (χ3n) is 1.60. The second kappa shape index (κ2) is 8.70. The van der Waals surface area contributed by atoms with Gasteiger partial charge in [0.2, 0.25) is 5.91 Å². The van der Waals surface area contributed by atoms with E-state index >= 15 is 0 Å². The molecule has 0 aromatic rings. The first-order valence-corrected chi connectivity index (χ1v) is 5.18. The quantitative estimate of drug-likeness (QED) is 0.624. The third-order valence-corrected chi connectivity index (χ3v) is 1.60. The van der Waals surface area contributed by atoms with Gasteiger partial charge in [0.05, 0.1) is 19.6 Å². The summed E-state index contributed by atoms with van der Waals surface area (Å²) < 4.78 is 9.26. The molecule has 92 valence electrons. The van der Waals surface area contributed by atoms with Gasteiger partial charge in [-0.15, -0.1) is 0 Å². The number of carbonyl (C=O) groups excluding carboxylic acids is 3. The van der Waals surface area contributed by atoms with E-state index in [0.717, 1.165) is 0 Å². The Kier molecular flexibility index (Phi) is 7.83. The van der Waals surface area contributed by atoms with Gasteiger partial charge in [0.15, 0.2) is 0 Å². The minimum absolute atomic E-state index is 0.0121. The number of ether oxygens (including phenoxy) is 2. The summed E-state index contributed by atoms with van der Waals surface area (Å²) in [5, 5.41) is 2.34. The number of esters is 2. The van der Waals surface area contributed by atoms with E-state index in [-0.39, 0.29) is 31.9 Å². The van der Waals surface area contributed by atoms with E-state index in [1.54, 1.807) is 13.8 Å². The van der Waals surface area contributed by atoms with Gasteiger partial charge in [0.25, 0.3) is 0 Å². The molecular weight excluding hydrogens is 214 g/mol. The molecule has 1 N–H and O–H groups in total. The summed E-state index contributed by atoms with van der Waals surface area (Å²) in [6.07, 6.45) is 0.0285. The first-order valence-electron chi connectivity index (χ1n) is 5.18. The fraction of sp³-hybridized carbons (Fsp3) is 0.700. The summed E-state index contributed by atoms with van der Waals surface area (Å²) in [4.78, 5) is 32.9. The fourth-order valence-electron chi connectivity index (χ4n) is 0.920. The average Bonchev–Trinajstić information content (AvgIpc) is 2.24. The van der Waals surface area contributed by atoms with Crippen LogP contribution in [0.3, 0.4) is 0 Å². The lowest BCUT2D eigenvalue weighted by atomic mass is 10.3. The van der Waals surface area contributed by atoms with Crippen LogP contribution in [-0.4, -0.2) is 37.6 Å². The zero-order valence-electron chi connectivity index (χ0n) is 9.58. The molecule has 0 radical (unpaired) electrons. The number of nitrogens with one attached hydrogen (secondary N) is 1. The largest absolute Gasteiger partial charge is 0.466 e. The number of amides is 1. The molecule has 0 saturated heterocycles. The van der Waals surface area contributed by atoms with Crippen LogP contribution in [0.2, 0.25) is 0 Å². The van der Waals surface area contributed by atoms with Gasteiger partial charge in [-0.25, -0.2) is 0 Å². The van der Waals surface area contributed by atoms with Gasteiger partial charge in [0.1, 0.15) is 6.54 Å². The minimum Gasteiger partial charge on any atom is -0.466 e. The molecule has 6 nitrogen and oxygen atoms in total. The van der Waals surface area contributed by atoms with E-state index < -0.39 is 11.9 Å². The van der Waals surface area contributed by atoms with E-state index in [2.05, 4.69) is 14.8 Å². The second-order valence-electron chi connectivity index (χ2n) is 2.89. The van der Waals surface area contributed by atoms with Crippen molar-refractivity contribution in [3.05, 3.63) is 0 Å². The van der Waals surface area contributed by atoms with Crippen molar-refractivity contribution in [2.45, 2.75) is 26.7 Å². The summed E-state index contributed by atoms with van der Waals surface area (Å²) in [7, 11) is 0. The smallest absolute Gasteiger partial charge is 0.325 e. The van der Waals surface area contributed by atoms with Crippen LogP contribution in [0.4, 0.5) is 0 Å². The van der Waals surface area contributed by atoms with Crippen LogP contribution in [-0.2, 0) is 23.9 Å². The Bertz CT molecular complexity index is 228. The molecule has 0 heterocycles. The molecule has 0 aliphatic rings. The lowest BCUT2D eigenvalue weighted by molar-refractivity contribution is -0.144. The van der Waals surface area contributed by atoms with Gasteiger partial charge in [-0.3, -0.25) is 14.4 Å². The monoisotopic (exact) mass is 231 g/mol. The molecule has 0 aromatic heterocycles. The molecule has 0 saturated carbocycles. The standard InChI is InChI=1S/C10H17NO5/c1-3-15-9(13)6-5-8(12)11-7-10(14)16-4-2/h3-7H2,1-2H3,(H,11,12). The van der Waals surface area contributed by atoms with Crippen molar-refractivity contribution in [1.82, 2.24) is 5.32 Å². The van der Waals surface area contributed by atoms with Crippen LogP contribution < -0.4 is 5.32 Å². The van der Waals surface area contributed by atoms with E-state index in [1.165, 1.54) is 0 Å². The maximum absolute atomic E-state index is 11.1. The van der Waals surface area contributed by atoms with Crippen molar-refractivity contribution in [3.63, 3.8) is 0 Å². The summed E-state index contributed by atoms with van der Waals surface area (Å²) in [6.45, 7) is 3.77. The molecule has 0 rings (SSSR count). The highest BCUT2D eigenvalue weighted by Gasteiger charge is 2.09. The fourth-order valence-corrected chi connectivity index (χ4v) is 0.920. The van der Waals surface area contributed by atoms with E-state index in [0.29, 0.717) is 6.61 Å². The van der Waals surface area contributed by atoms with E-state index in [1.807, 2.05) is 0 Å². The molecule has 0 aliphatic carbocycles. The van der Waals surface area contributed by atoms with Crippen molar-refractivity contribution in [2.75, 3.05) is 19.8 Å². The third kappa shape index (κ3) is 7.78. The van der Waals surface area contributed by atoms with Crippen molar-refractivity contribution < 1.29 is 23.9 Å². The van der Waals surface area contributed by atoms with Crippen molar-refractivity contribution in [1.29, 1.82) is 0 Å². The molecule has 6 heteroatoms. The van der Waals surface area contributed by atoms with Crippen molar-refractivity contribution >= 4 is 17.8 Å². The molecule has 0 spiro atoms. The predicted molar refractivity (Wildman–Crippen MR) is 55.5 cm³/mol. The number of hydrogen-bond donors (Lipinski definition) is 1. The summed E-state index contributed by atoms with van der Waals surface area (Å²) in [5.41, 5.74) is 0. The Morgan fingerprint density at radius 3 is 2.06 bits per heavy atom. The van der Waals surface area contributed by atoms with Crippen LogP contribution in [0.5, 0.6) is 0 Å². The number of rotatable bonds is 7. The normalized spacial score (nSPS) is 9.38.